The lowest BCUT2D eigenvalue weighted by molar-refractivity contribution is 0.384. The predicted octanol–water partition coefficient (Wildman–Crippen LogP) is 3.14. The molecule has 0 aromatic rings. The molecule has 0 atom stereocenters. The number of hydrogen-bond donors (Lipinski definition) is 1. The van der Waals surface area contributed by atoms with Crippen molar-refractivity contribution in [3.63, 3.8) is 0 Å². The smallest absolute Gasteiger partial charge is 0.125 e. The van der Waals surface area contributed by atoms with Crippen LogP contribution >= 0.6 is 0 Å². The number of aliphatic imine (C=N–C) groups is 1. The molecule has 1 N–H and O–H groups in total. The summed E-state index contributed by atoms with van der Waals surface area (Å²) in [6.07, 6.45) is 12.6. The predicted molar refractivity (Wildman–Crippen MR) is 77.6 cm³/mol. The fourth-order valence-electron chi connectivity index (χ4n) is 2.71. The Labute approximate surface area is 111 Å². The number of hydrogen-bond acceptors (Lipinski definition) is 3. The summed E-state index contributed by atoms with van der Waals surface area (Å²) in [7, 11) is 0. The van der Waals surface area contributed by atoms with Gasteiger partial charge >= 0.3 is 0 Å². The number of rotatable bonds is 4. The lowest BCUT2D eigenvalue weighted by atomic mass is 10.0. The maximum Gasteiger partial charge on any atom is 0.125 e. The first-order chi connectivity index (χ1) is 8.75. The first-order valence-corrected chi connectivity index (χ1v) is 7.49. The van der Waals surface area contributed by atoms with Gasteiger partial charge < -0.3 is 10.2 Å². The molecule has 2 aliphatic rings. The van der Waals surface area contributed by atoms with Gasteiger partial charge in [0.25, 0.3) is 0 Å². The second-order valence-corrected chi connectivity index (χ2v) is 5.86. The second-order valence-electron chi connectivity index (χ2n) is 5.86. The molecule has 0 amide bonds. The first kappa shape index (κ1) is 13.4. The fraction of sp³-hybridized carbons (Fsp3) is 0.800. The maximum atomic E-state index is 4.49. The van der Waals surface area contributed by atoms with Gasteiger partial charge in [-0.05, 0) is 38.7 Å². The van der Waals surface area contributed by atoms with E-state index in [1.165, 1.54) is 38.5 Å². The van der Waals surface area contributed by atoms with Crippen molar-refractivity contribution in [1.82, 2.24) is 10.2 Å². The van der Waals surface area contributed by atoms with Crippen molar-refractivity contribution in [2.75, 3.05) is 13.1 Å². The minimum atomic E-state index is 0.536. The highest BCUT2D eigenvalue weighted by molar-refractivity contribution is 5.59. The Balaban J connectivity index is 1.72. The molecular weight excluding hydrogens is 222 g/mol. The van der Waals surface area contributed by atoms with Crippen LogP contribution in [0.15, 0.2) is 16.9 Å². The Morgan fingerprint density at radius 1 is 1.28 bits per heavy atom. The van der Waals surface area contributed by atoms with Crippen LogP contribution in [-0.4, -0.2) is 30.4 Å². The van der Waals surface area contributed by atoms with Gasteiger partial charge in [-0.1, -0.05) is 25.7 Å². The van der Waals surface area contributed by atoms with Gasteiger partial charge in [0, 0.05) is 19.1 Å². The molecule has 0 aromatic carbocycles. The summed E-state index contributed by atoms with van der Waals surface area (Å²) in [5, 5.41) is 3.52. The summed E-state index contributed by atoms with van der Waals surface area (Å²) in [6.45, 7) is 6.48. The summed E-state index contributed by atoms with van der Waals surface area (Å²) in [4.78, 5) is 6.74. The molecule has 2 rings (SSSR count). The summed E-state index contributed by atoms with van der Waals surface area (Å²) < 4.78 is 0. The summed E-state index contributed by atoms with van der Waals surface area (Å²) in [5.74, 6) is 1.92. The van der Waals surface area contributed by atoms with Crippen molar-refractivity contribution in [2.24, 2.45) is 10.9 Å². The van der Waals surface area contributed by atoms with E-state index in [1.54, 1.807) is 0 Å². The Hall–Kier alpha value is -0.990. The molecule has 1 aliphatic heterocycles. The molecule has 3 nitrogen and oxygen atoms in total. The van der Waals surface area contributed by atoms with Gasteiger partial charge in [0.05, 0.1) is 6.34 Å². The van der Waals surface area contributed by atoms with Gasteiger partial charge in [0.1, 0.15) is 5.82 Å². The zero-order chi connectivity index (χ0) is 12.8. The Morgan fingerprint density at radius 2 is 2.00 bits per heavy atom. The largest absolute Gasteiger partial charge is 0.370 e. The van der Waals surface area contributed by atoms with Gasteiger partial charge in [-0.2, -0.15) is 0 Å². The Bertz CT molecular complexity index is 299. The highest BCUT2D eigenvalue weighted by atomic mass is 15.2. The highest BCUT2D eigenvalue weighted by Crippen LogP contribution is 2.22. The molecule has 1 saturated carbocycles. The van der Waals surface area contributed by atoms with Crippen LogP contribution in [0.25, 0.3) is 0 Å². The number of nitrogens with one attached hydrogen (secondary N) is 1. The van der Waals surface area contributed by atoms with Crippen molar-refractivity contribution < 1.29 is 0 Å². The molecule has 0 radical (unpaired) electrons. The normalized spacial score (nSPS) is 21.9. The van der Waals surface area contributed by atoms with Crippen LogP contribution in [0.1, 0.15) is 52.4 Å². The van der Waals surface area contributed by atoms with Gasteiger partial charge in [-0.3, -0.25) is 0 Å². The average Bonchev–Trinajstić information content (AvgIpc) is 2.65. The van der Waals surface area contributed by atoms with E-state index in [0.29, 0.717) is 6.04 Å². The lowest BCUT2D eigenvalue weighted by Gasteiger charge is -2.26. The minimum Gasteiger partial charge on any atom is -0.370 e. The zero-order valence-corrected chi connectivity index (χ0v) is 11.9. The van der Waals surface area contributed by atoms with Gasteiger partial charge in [-0.15, -0.1) is 0 Å². The molecule has 18 heavy (non-hydrogen) atoms. The van der Waals surface area contributed by atoms with Crippen LogP contribution < -0.4 is 5.32 Å². The van der Waals surface area contributed by atoms with Gasteiger partial charge in [0.15, 0.2) is 0 Å². The lowest BCUT2D eigenvalue weighted by Crippen LogP contribution is -2.33. The van der Waals surface area contributed by atoms with Crippen LogP contribution in [0.5, 0.6) is 0 Å². The van der Waals surface area contributed by atoms with E-state index in [4.69, 9.17) is 0 Å². The molecule has 0 unspecified atom stereocenters. The van der Waals surface area contributed by atoms with Gasteiger partial charge in [0.2, 0.25) is 0 Å². The van der Waals surface area contributed by atoms with Crippen LogP contribution in [0.2, 0.25) is 0 Å². The molecule has 0 bridgehead atoms. The van der Waals surface area contributed by atoms with E-state index in [-0.39, 0.29) is 0 Å². The van der Waals surface area contributed by atoms with Crippen molar-refractivity contribution >= 4 is 6.34 Å². The average molecular weight is 249 g/mol. The first-order valence-electron chi connectivity index (χ1n) is 7.49. The highest BCUT2D eigenvalue weighted by Gasteiger charge is 2.13. The minimum absolute atomic E-state index is 0.536. The SMILES string of the molecule is CC(C)N1C=NC(NCC2CCCCCC2)=CC1. The van der Waals surface area contributed by atoms with Crippen LogP contribution in [0.4, 0.5) is 0 Å². The monoisotopic (exact) mass is 249 g/mol. The van der Waals surface area contributed by atoms with Crippen LogP contribution in [0, 0.1) is 5.92 Å². The maximum absolute atomic E-state index is 4.49. The van der Waals surface area contributed by atoms with E-state index in [9.17, 15) is 0 Å². The van der Waals surface area contributed by atoms with Crippen molar-refractivity contribution in [2.45, 2.75) is 58.4 Å². The van der Waals surface area contributed by atoms with Crippen molar-refractivity contribution in [1.29, 1.82) is 0 Å². The Kier molecular flexibility index (Phi) is 5.09. The molecule has 102 valence electrons. The van der Waals surface area contributed by atoms with E-state index >= 15 is 0 Å². The third kappa shape index (κ3) is 4.04. The molecule has 1 fully saturated rings. The topological polar surface area (TPSA) is 27.6 Å². The van der Waals surface area contributed by atoms with Crippen molar-refractivity contribution in [3.8, 4) is 0 Å². The fourth-order valence-corrected chi connectivity index (χ4v) is 2.71. The number of nitrogens with zero attached hydrogens (tertiary/aromatic N) is 2. The molecule has 0 aromatic heterocycles. The summed E-state index contributed by atoms with van der Waals surface area (Å²) in [5.41, 5.74) is 0. The van der Waals surface area contributed by atoms with E-state index in [0.717, 1.165) is 24.8 Å². The van der Waals surface area contributed by atoms with Crippen LogP contribution in [-0.2, 0) is 0 Å². The zero-order valence-electron chi connectivity index (χ0n) is 11.9. The molecule has 3 heteroatoms. The molecule has 0 spiro atoms. The van der Waals surface area contributed by atoms with E-state index in [2.05, 4.69) is 35.1 Å². The molecule has 1 heterocycles. The third-order valence-corrected chi connectivity index (χ3v) is 4.05. The standard InChI is InChI=1S/C15H27N3/c1-13(2)18-10-9-15(17-12-18)16-11-14-7-5-3-4-6-8-14/h9,12-14,16H,3-8,10-11H2,1-2H3. The molecular formula is C15H27N3. The molecule has 0 saturated heterocycles. The van der Waals surface area contributed by atoms with E-state index in [1.807, 2.05) is 6.34 Å². The van der Waals surface area contributed by atoms with Gasteiger partial charge in [-0.25, -0.2) is 4.99 Å². The second kappa shape index (κ2) is 6.81. The van der Waals surface area contributed by atoms with Crippen molar-refractivity contribution in [3.05, 3.63) is 11.9 Å². The van der Waals surface area contributed by atoms with Crippen LogP contribution in [0.3, 0.4) is 0 Å². The Morgan fingerprint density at radius 3 is 2.56 bits per heavy atom. The van der Waals surface area contributed by atoms with E-state index < -0.39 is 0 Å². The summed E-state index contributed by atoms with van der Waals surface area (Å²) in [6, 6.07) is 0.536. The molecule has 1 aliphatic carbocycles. The quantitative estimate of drug-likeness (QED) is 0.775. The third-order valence-electron chi connectivity index (χ3n) is 4.05. The summed E-state index contributed by atoms with van der Waals surface area (Å²) >= 11 is 0.